The zero-order chi connectivity index (χ0) is 16.8. The lowest BCUT2D eigenvalue weighted by molar-refractivity contribution is -0.254. The Morgan fingerprint density at radius 1 is 1.05 bits per heavy atom. The van der Waals surface area contributed by atoms with Crippen molar-refractivity contribution in [3.8, 4) is 0 Å². The van der Waals surface area contributed by atoms with Gasteiger partial charge in [0, 0.05) is 0 Å². The second-order valence-electron chi connectivity index (χ2n) is 4.36. The lowest BCUT2D eigenvalue weighted by Crippen LogP contribution is -2.19. The van der Waals surface area contributed by atoms with E-state index in [1.807, 2.05) is 0 Å². The average molecular weight is 319 g/mol. The second kappa shape index (κ2) is 12.9. The molecule has 0 aromatic carbocycles. The first-order valence-corrected chi connectivity index (χ1v) is 7.18. The number of ether oxygens (including phenoxy) is 2. The van der Waals surface area contributed by atoms with Crippen LogP contribution in [0.25, 0.3) is 0 Å². The van der Waals surface area contributed by atoms with Crippen LogP contribution >= 0.6 is 0 Å². The van der Waals surface area contributed by atoms with E-state index in [1.165, 1.54) is 0 Å². The zero-order valence-corrected chi connectivity index (χ0v) is 13.3. The summed E-state index contributed by atoms with van der Waals surface area (Å²) in [5, 5.41) is 12.2. The molecule has 8 nitrogen and oxygen atoms in total. The third kappa shape index (κ3) is 8.48. The van der Waals surface area contributed by atoms with Crippen molar-refractivity contribution in [3.63, 3.8) is 0 Å². The number of methoxy groups -OCH3 is 1. The van der Waals surface area contributed by atoms with Crippen LogP contribution in [0.3, 0.4) is 0 Å². The topological polar surface area (TPSA) is 103 Å². The number of carbonyl (C=O) groups excluding carboxylic acids is 1. The van der Waals surface area contributed by atoms with Crippen molar-refractivity contribution in [1.29, 1.82) is 0 Å². The van der Waals surface area contributed by atoms with Gasteiger partial charge in [-0.2, -0.15) is 4.89 Å². The maximum Gasteiger partial charge on any atom is 0.411 e. The second-order valence-corrected chi connectivity index (χ2v) is 4.36. The molecule has 8 heteroatoms. The summed E-state index contributed by atoms with van der Waals surface area (Å²) in [5.74, 6) is -3.62. The molecule has 0 atom stereocenters. The first-order valence-electron chi connectivity index (χ1n) is 7.18. The number of carboxylic acid groups (broad SMARTS) is 1. The molecule has 0 unspecified atom stereocenters. The fourth-order valence-electron chi connectivity index (χ4n) is 1.56. The standard InChI is InChI=1S/C14H25NO7/c1-4-5-8-15-9-6-7-10-21-12(14(18)22-20-3)11(19-2)13(16)17/h15H,4-10H2,1-3H3,(H,16,17)/b12-11-. The van der Waals surface area contributed by atoms with E-state index in [-0.39, 0.29) is 6.61 Å². The molecule has 0 amide bonds. The number of hydrogen-bond acceptors (Lipinski definition) is 7. The lowest BCUT2D eigenvalue weighted by atomic mass is 10.3. The molecule has 0 fully saturated rings. The van der Waals surface area contributed by atoms with E-state index in [9.17, 15) is 9.59 Å². The van der Waals surface area contributed by atoms with E-state index in [0.717, 1.165) is 46.6 Å². The van der Waals surface area contributed by atoms with Gasteiger partial charge in [0.25, 0.3) is 11.5 Å². The minimum Gasteiger partial charge on any atom is -0.487 e. The number of carbonyl (C=O) groups is 2. The van der Waals surface area contributed by atoms with E-state index in [4.69, 9.17) is 9.84 Å². The summed E-state index contributed by atoms with van der Waals surface area (Å²) in [5.41, 5.74) is 0. The Bertz CT molecular complexity index is 368. The summed E-state index contributed by atoms with van der Waals surface area (Å²) in [7, 11) is 2.26. The van der Waals surface area contributed by atoms with Gasteiger partial charge in [-0.05, 0) is 32.4 Å². The minimum atomic E-state index is -1.42. The SMILES string of the molecule is CCCCNCCCCO/C(C(=O)OOC)=C(\OC)C(=O)O. The summed E-state index contributed by atoms with van der Waals surface area (Å²) in [6.07, 6.45) is 3.76. The molecule has 0 aliphatic heterocycles. The van der Waals surface area contributed by atoms with Gasteiger partial charge in [-0.15, -0.1) is 0 Å². The third-order valence-electron chi connectivity index (χ3n) is 2.65. The Labute approximate surface area is 130 Å². The fraction of sp³-hybridized carbons (Fsp3) is 0.714. The third-order valence-corrected chi connectivity index (χ3v) is 2.65. The van der Waals surface area contributed by atoms with E-state index < -0.39 is 23.5 Å². The molecule has 2 N–H and O–H groups in total. The van der Waals surface area contributed by atoms with Gasteiger partial charge in [0.15, 0.2) is 0 Å². The molecule has 0 aromatic heterocycles. The maximum atomic E-state index is 11.6. The molecular weight excluding hydrogens is 294 g/mol. The highest BCUT2D eigenvalue weighted by Gasteiger charge is 2.26. The molecule has 0 heterocycles. The Kier molecular flexibility index (Phi) is 11.8. The first-order chi connectivity index (χ1) is 10.6. The molecule has 128 valence electrons. The molecule has 0 rings (SSSR count). The zero-order valence-electron chi connectivity index (χ0n) is 13.3. The number of nitrogens with one attached hydrogen (secondary N) is 1. The lowest BCUT2D eigenvalue weighted by Gasteiger charge is -2.11. The number of rotatable bonds is 13. The van der Waals surface area contributed by atoms with Crippen molar-refractivity contribution in [2.45, 2.75) is 32.6 Å². The fourth-order valence-corrected chi connectivity index (χ4v) is 1.56. The van der Waals surface area contributed by atoms with Crippen molar-refractivity contribution in [2.75, 3.05) is 33.9 Å². The van der Waals surface area contributed by atoms with Crippen LogP contribution in [0.5, 0.6) is 0 Å². The molecule has 0 aromatic rings. The maximum absolute atomic E-state index is 11.6. The summed E-state index contributed by atoms with van der Waals surface area (Å²) in [4.78, 5) is 31.1. The summed E-state index contributed by atoms with van der Waals surface area (Å²) < 4.78 is 9.84. The Balaban J connectivity index is 4.32. The summed E-state index contributed by atoms with van der Waals surface area (Å²) >= 11 is 0. The number of hydrogen-bond donors (Lipinski definition) is 2. The molecule has 0 saturated carbocycles. The van der Waals surface area contributed by atoms with Gasteiger partial charge in [-0.1, -0.05) is 13.3 Å². The highest BCUT2D eigenvalue weighted by atomic mass is 17.2. The Morgan fingerprint density at radius 2 is 1.73 bits per heavy atom. The largest absolute Gasteiger partial charge is 0.487 e. The van der Waals surface area contributed by atoms with Crippen molar-refractivity contribution in [3.05, 3.63) is 11.5 Å². The smallest absolute Gasteiger partial charge is 0.411 e. The highest BCUT2D eigenvalue weighted by molar-refractivity contribution is 5.96. The molecule has 0 saturated heterocycles. The number of unbranched alkanes of at least 4 members (excludes halogenated alkanes) is 2. The molecule has 0 radical (unpaired) electrons. The van der Waals surface area contributed by atoms with Crippen LogP contribution in [-0.2, 0) is 28.8 Å². The van der Waals surface area contributed by atoms with Gasteiger partial charge in [-0.3, -0.25) is 4.89 Å². The predicted molar refractivity (Wildman–Crippen MR) is 77.7 cm³/mol. The van der Waals surface area contributed by atoms with Crippen LogP contribution in [0.15, 0.2) is 11.5 Å². The van der Waals surface area contributed by atoms with Crippen molar-refractivity contribution >= 4 is 11.9 Å². The monoisotopic (exact) mass is 319 g/mol. The highest BCUT2D eigenvalue weighted by Crippen LogP contribution is 2.11. The average Bonchev–Trinajstić information content (AvgIpc) is 2.48. The van der Waals surface area contributed by atoms with Gasteiger partial charge in [0.1, 0.15) is 0 Å². The summed E-state index contributed by atoms with van der Waals surface area (Å²) in [6.45, 7) is 4.10. The summed E-state index contributed by atoms with van der Waals surface area (Å²) in [6, 6.07) is 0. The Hall–Kier alpha value is -1.80. The number of aliphatic carboxylic acids is 1. The van der Waals surface area contributed by atoms with Crippen LogP contribution in [0.2, 0.25) is 0 Å². The van der Waals surface area contributed by atoms with Gasteiger partial charge in [0.2, 0.25) is 0 Å². The predicted octanol–water partition coefficient (Wildman–Crippen LogP) is 1.22. The molecule has 0 aliphatic rings. The van der Waals surface area contributed by atoms with Crippen molar-refractivity contribution in [1.82, 2.24) is 5.32 Å². The van der Waals surface area contributed by atoms with Crippen LogP contribution in [0.4, 0.5) is 0 Å². The Morgan fingerprint density at radius 3 is 2.27 bits per heavy atom. The molecule has 0 aliphatic carbocycles. The first kappa shape index (κ1) is 20.2. The minimum absolute atomic E-state index is 0.170. The van der Waals surface area contributed by atoms with E-state index in [1.54, 1.807) is 0 Å². The quantitative estimate of drug-likeness (QED) is 0.172. The van der Waals surface area contributed by atoms with Gasteiger partial charge >= 0.3 is 11.9 Å². The van der Waals surface area contributed by atoms with Crippen LogP contribution < -0.4 is 5.32 Å². The molecule has 22 heavy (non-hydrogen) atoms. The van der Waals surface area contributed by atoms with Gasteiger partial charge in [0.05, 0.1) is 20.8 Å². The van der Waals surface area contributed by atoms with Crippen LogP contribution in [0, 0.1) is 0 Å². The van der Waals surface area contributed by atoms with Crippen molar-refractivity contribution in [2.24, 2.45) is 0 Å². The number of carboxylic acids is 1. The van der Waals surface area contributed by atoms with E-state index >= 15 is 0 Å². The van der Waals surface area contributed by atoms with E-state index in [2.05, 4.69) is 26.8 Å². The normalized spacial score (nSPS) is 11.6. The van der Waals surface area contributed by atoms with Crippen LogP contribution in [0.1, 0.15) is 32.6 Å². The van der Waals surface area contributed by atoms with Crippen molar-refractivity contribution < 1.29 is 33.9 Å². The van der Waals surface area contributed by atoms with Gasteiger partial charge < -0.3 is 19.9 Å². The molecule has 0 bridgehead atoms. The molecular formula is C14H25NO7. The van der Waals surface area contributed by atoms with Gasteiger partial charge in [-0.25, -0.2) is 9.59 Å². The van der Waals surface area contributed by atoms with Crippen LogP contribution in [-0.4, -0.2) is 51.0 Å². The molecule has 0 spiro atoms. The van der Waals surface area contributed by atoms with E-state index in [0.29, 0.717) is 6.42 Å².